The number of benzene rings is 1. The Morgan fingerprint density at radius 3 is 1.93 bits per heavy atom. The van der Waals surface area contributed by atoms with E-state index in [4.69, 9.17) is 0 Å². The van der Waals surface area contributed by atoms with Crippen molar-refractivity contribution in [3.63, 3.8) is 0 Å². The normalized spacial score (nSPS) is 8.93. The first-order valence-electron chi connectivity index (χ1n) is 3.82. The second kappa shape index (κ2) is 5.21. The van der Waals surface area contributed by atoms with Gasteiger partial charge in [-0.15, -0.1) is 0 Å². The summed E-state index contributed by atoms with van der Waals surface area (Å²) in [7, 11) is 0. The minimum absolute atomic E-state index is 0.484. The first-order valence-corrected chi connectivity index (χ1v) is 3.82. The average molecular weight is 207 g/mol. The summed E-state index contributed by atoms with van der Waals surface area (Å²) in [5, 5.41) is 9.95. The van der Waals surface area contributed by atoms with Crippen molar-refractivity contribution in [1.82, 2.24) is 0 Å². The van der Waals surface area contributed by atoms with Crippen LogP contribution in [0.1, 0.15) is 13.8 Å². The highest BCUT2D eigenvalue weighted by Crippen LogP contribution is 2.22. The molecular weight excluding hydrogens is 199 g/mol. The van der Waals surface area contributed by atoms with Gasteiger partial charge >= 0.3 is 5.69 Å². The molecular formula is C8H8F3NO2. The minimum atomic E-state index is -1.78. The number of nitro benzene ring substituents is 1. The van der Waals surface area contributed by atoms with Crippen molar-refractivity contribution in [2.45, 2.75) is 13.8 Å². The van der Waals surface area contributed by atoms with Gasteiger partial charge in [0.2, 0.25) is 11.6 Å². The van der Waals surface area contributed by atoms with Crippen LogP contribution in [0.25, 0.3) is 0 Å². The predicted octanol–water partition coefficient (Wildman–Crippen LogP) is 3.04. The lowest BCUT2D eigenvalue weighted by Gasteiger charge is -1.95. The molecule has 78 valence electrons. The standard InChI is InChI=1S/C6H2F3NO2.C2H6/c7-3-1-2-4(8)6(5(3)9)10(11)12;1-2/h1-2H;1-2H3. The molecule has 1 rings (SSSR count). The Hall–Kier alpha value is -1.59. The molecule has 1 aromatic rings. The summed E-state index contributed by atoms with van der Waals surface area (Å²) < 4.78 is 37.2. The van der Waals surface area contributed by atoms with E-state index in [0.29, 0.717) is 12.1 Å². The fourth-order valence-corrected chi connectivity index (χ4v) is 0.684. The van der Waals surface area contributed by atoms with E-state index in [0.717, 1.165) is 0 Å². The van der Waals surface area contributed by atoms with Crippen molar-refractivity contribution in [1.29, 1.82) is 0 Å². The van der Waals surface area contributed by atoms with Gasteiger partial charge in [-0.2, -0.15) is 8.78 Å². The predicted molar refractivity (Wildman–Crippen MR) is 44.3 cm³/mol. The van der Waals surface area contributed by atoms with Crippen LogP contribution in [0.15, 0.2) is 12.1 Å². The van der Waals surface area contributed by atoms with Gasteiger partial charge in [-0.05, 0) is 12.1 Å². The summed E-state index contributed by atoms with van der Waals surface area (Å²) in [6.07, 6.45) is 0. The van der Waals surface area contributed by atoms with E-state index in [1.165, 1.54) is 0 Å². The Labute approximate surface area is 78.3 Å². The molecule has 0 radical (unpaired) electrons. The van der Waals surface area contributed by atoms with Crippen LogP contribution in [0.3, 0.4) is 0 Å². The van der Waals surface area contributed by atoms with E-state index < -0.39 is 28.1 Å². The van der Waals surface area contributed by atoms with Crippen LogP contribution in [-0.2, 0) is 0 Å². The molecule has 0 unspecified atom stereocenters. The molecule has 0 spiro atoms. The lowest BCUT2D eigenvalue weighted by molar-refractivity contribution is -0.390. The zero-order valence-electron chi connectivity index (χ0n) is 7.55. The lowest BCUT2D eigenvalue weighted by atomic mass is 10.3. The van der Waals surface area contributed by atoms with E-state index in [-0.39, 0.29) is 0 Å². The molecule has 0 aliphatic carbocycles. The molecule has 14 heavy (non-hydrogen) atoms. The first-order chi connectivity index (χ1) is 6.54. The molecule has 0 aliphatic rings. The van der Waals surface area contributed by atoms with Gasteiger partial charge < -0.3 is 0 Å². The fourth-order valence-electron chi connectivity index (χ4n) is 0.684. The molecule has 0 aliphatic heterocycles. The molecule has 0 saturated heterocycles. The van der Waals surface area contributed by atoms with Crippen molar-refractivity contribution in [2.24, 2.45) is 0 Å². The van der Waals surface area contributed by atoms with Crippen LogP contribution in [0, 0.1) is 27.6 Å². The zero-order chi connectivity index (χ0) is 11.3. The Morgan fingerprint density at radius 2 is 1.57 bits per heavy atom. The molecule has 0 aromatic heterocycles. The fraction of sp³-hybridized carbons (Fsp3) is 0.250. The SMILES string of the molecule is CC.O=[N+]([O-])c1c(F)ccc(F)c1F. The van der Waals surface area contributed by atoms with Crippen molar-refractivity contribution < 1.29 is 18.1 Å². The summed E-state index contributed by atoms with van der Waals surface area (Å²) >= 11 is 0. The number of nitrogens with zero attached hydrogens (tertiary/aromatic N) is 1. The minimum Gasteiger partial charge on any atom is -0.258 e. The summed E-state index contributed by atoms with van der Waals surface area (Å²) in [5.74, 6) is -4.61. The Kier molecular flexibility index (Phi) is 4.62. The molecule has 3 nitrogen and oxygen atoms in total. The van der Waals surface area contributed by atoms with Gasteiger partial charge in [0.05, 0.1) is 4.92 Å². The molecule has 0 amide bonds. The van der Waals surface area contributed by atoms with E-state index in [9.17, 15) is 23.3 Å². The van der Waals surface area contributed by atoms with Crippen LogP contribution in [0.5, 0.6) is 0 Å². The first kappa shape index (κ1) is 12.4. The van der Waals surface area contributed by atoms with Gasteiger partial charge in [0, 0.05) is 0 Å². The van der Waals surface area contributed by atoms with E-state index in [1.807, 2.05) is 13.8 Å². The van der Waals surface area contributed by atoms with Crippen molar-refractivity contribution in [2.75, 3.05) is 0 Å². The maximum atomic E-state index is 12.5. The molecule has 0 saturated carbocycles. The van der Waals surface area contributed by atoms with E-state index in [2.05, 4.69) is 0 Å². The number of hydrogen-bond donors (Lipinski definition) is 0. The smallest absolute Gasteiger partial charge is 0.258 e. The summed E-state index contributed by atoms with van der Waals surface area (Å²) in [6, 6.07) is 0.980. The molecule has 0 atom stereocenters. The second-order valence-corrected chi connectivity index (χ2v) is 1.95. The Bertz CT molecular complexity index is 342. The van der Waals surface area contributed by atoms with Gasteiger partial charge in [0.25, 0.3) is 0 Å². The monoisotopic (exact) mass is 207 g/mol. The summed E-state index contributed by atoms with van der Waals surface area (Å²) in [6.45, 7) is 4.00. The van der Waals surface area contributed by atoms with Crippen LogP contribution in [0.2, 0.25) is 0 Å². The Balaban J connectivity index is 0.000000791. The maximum absolute atomic E-state index is 12.5. The quantitative estimate of drug-likeness (QED) is 0.403. The highest BCUT2D eigenvalue weighted by Gasteiger charge is 2.23. The van der Waals surface area contributed by atoms with Crippen molar-refractivity contribution >= 4 is 5.69 Å². The maximum Gasteiger partial charge on any atom is 0.343 e. The number of halogens is 3. The summed E-state index contributed by atoms with van der Waals surface area (Å²) in [4.78, 5) is 8.64. The van der Waals surface area contributed by atoms with Gasteiger partial charge in [0.1, 0.15) is 0 Å². The zero-order valence-corrected chi connectivity index (χ0v) is 7.55. The van der Waals surface area contributed by atoms with Gasteiger partial charge in [-0.25, -0.2) is 4.39 Å². The van der Waals surface area contributed by atoms with Crippen LogP contribution in [0.4, 0.5) is 18.9 Å². The largest absolute Gasteiger partial charge is 0.343 e. The van der Waals surface area contributed by atoms with Crippen molar-refractivity contribution in [3.05, 3.63) is 39.7 Å². The van der Waals surface area contributed by atoms with Gasteiger partial charge in [-0.1, -0.05) is 13.8 Å². The van der Waals surface area contributed by atoms with E-state index in [1.54, 1.807) is 0 Å². The molecule has 0 N–H and O–H groups in total. The van der Waals surface area contributed by atoms with Crippen molar-refractivity contribution in [3.8, 4) is 0 Å². The number of rotatable bonds is 1. The van der Waals surface area contributed by atoms with Crippen LogP contribution >= 0.6 is 0 Å². The van der Waals surface area contributed by atoms with Gasteiger partial charge in [-0.3, -0.25) is 10.1 Å². The van der Waals surface area contributed by atoms with Gasteiger partial charge in [0.15, 0.2) is 5.82 Å². The third-order valence-electron chi connectivity index (χ3n) is 1.20. The average Bonchev–Trinajstić information content (AvgIpc) is 2.15. The number of nitro groups is 1. The topological polar surface area (TPSA) is 43.1 Å². The van der Waals surface area contributed by atoms with E-state index >= 15 is 0 Å². The lowest BCUT2D eigenvalue weighted by Crippen LogP contribution is -1.98. The molecule has 0 heterocycles. The van der Waals surface area contributed by atoms with Crippen LogP contribution < -0.4 is 0 Å². The molecule has 6 heteroatoms. The third kappa shape index (κ3) is 2.45. The summed E-state index contributed by atoms with van der Waals surface area (Å²) in [5.41, 5.74) is -1.46. The molecule has 0 bridgehead atoms. The number of hydrogen-bond acceptors (Lipinski definition) is 2. The highest BCUT2D eigenvalue weighted by molar-refractivity contribution is 5.33. The third-order valence-corrected chi connectivity index (χ3v) is 1.20. The second-order valence-electron chi connectivity index (χ2n) is 1.95. The Morgan fingerprint density at radius 1 is 1.14 bits per heavy atom. The molecule has 0 fully saturated rings. The van der Waals surface area contributed by atoms with Crippen LogP contribution in [-0.4, -0.2) is 4.92 Å². The highest BCUT2D eigenvalue weighted by atomic mass is 19.2. The molecule has 1 aromatic carbocycles.